The number of hydrogen-bond acceptors (Lipinski definition) is 5. The summed E-state index contributed by atoms with van der Waals surface area (Å²) in [4.78, 5) is 43.6. The van der Waals surface area contributed by atoms with Gasteiger partial charge in [-0.05, 0) is 48.2 Å². The molecule has 0 saturated carbocycles. The van der Waals surface area contributed by atoms with Crippen molar-refractivity contribution in [3.05, 3.63) is 102 Å². The molecule has 4 rings (SSSR count). The van der Waals surface area contributed by atoms with Gasteiger partial charge < -0.3 is 10.4 Å². The molecular formula is C28H27N3O4S. The fourth-order valence-corrected chi connectivity index (χ4v) is 4.96. The number of aliphatic imine (C=N–C) groups is 1. The standard InChI is InChI=1S/C28H27N3O4S/c32-25-19-24(26(33)30-23-13-11-22(12-14-23)27(34)35)36-28(29-17-15-20-7-3-1-4-8-20)31(25)18-16-21-9-5-2-6-10-21/h1-14,24H,15-19H2,(H,30,33)(H,34,35)/t24-/m0/s1. The number of amidine groups is 1. The number of carbonyl (C=O) groups excluding carboxylic acids is 2. The van der Waals surface area contributed by atoms with Gasteiger partial charge in [0.25, 0.3) is 0 Å². The van der Waals surface area contributed by atoms with Gasteiger partial charge in [-0.2, -0.15) is 0 Å². The zero-order valence-corrected chi connectivity index (χ0v) is 20.5. The van der Waals surface area contributed by atoms with Gasteiger partial charge in [0.2, 0.25) is 11.8 Å². The number of nitrogens with zero attached hydrogens (tertiary/aromatic N) is 2. The van der Waals surface area contributed by atoms with E-state index in [9.17, 15) is 14.4 Å². The molecule has 3 aromatic rings. The maximum Gasteiger partial charge on any atom is 0.335 e. The number of benzene rings is 3. The van der Waals surface area contributed by atoms with Crippen LogP contribution in [0.15, 0.2) is 89.9 Å². The summed E-state index contributed by atoms with van der Waals surface area (Å²) < 4.78 is 0. The van der Waals surface area contributed by atoms with Crippen LogP contribution in [0.25, 0.3) is 0 Å². The molecule has 0 radical (unpaired) electrons. The van der Waals surface area contributed by atoms with E-state index in [4.69, 9.17) is 10.1 Å². The number of carbonyl (C=O) groups is 3. The van der Waals surface area contributed by atoms with Crippen LogP contribution in [-0.2, 0) is 22.4 Å². The van der Waals surface area contributed by atoms with Crippen molar-refractivity contribution in [1.82, 2.24) is 4.90 Å². The summed E-state index contributed by atoms with van der Waals surface area (Å²) in [5, 5.41) is 11.8. The molecule has 0 aliphatic carbocycles. The molecule has 7 nitrogen and oxygen atoms in total. The van der Waals surface area contributed by atoms with E-state index >= 15 is 0 Å². The first-order chi connectivity index (χ1) is 17.5. The Bertz CT molecular complexity index is 1230. The van der Waals surface area contributed by atoms with Crippen LogP contribution in [0.1, 0.15) is 27.9 Å². The molecule has 0 bridgehead atoms. The predicted molar refractivity (Wildman–Crippen MR) is 142 cm³/mol. The Hall–Kier alpha value is -3.91. The van der Waals surface area contributed by atoms with Gasteiger partial charge in [0.15, 0.2) is 5.17 Å². The molecule has 2 N–H and O–H groups in total. The zero-order valence-electron chi connectivity index (χ0n) is 19.7. The molecule has 1 saturated heterocycles. The minimum Gasteiger partial charge on any atom is -0.478 e. The number of rotatable bonds is 9. The van der Waals surface area contributed by atoms with Crippen LogP contribution in [-0.4, -0.2) is 51.3 Å². The molecule has 184 valence electrons. The van der Waals surface area contributed by atoms with E-state index in [1.165, 1.54) is 36.0 Å². The number of carboxylic acid groups (broad SMARTS) is 1. The van der Waals surface area contributed by atoms with Gasteiger partial charge in [-0.25, -0.2) is 4.79 Å². The minimum atomic E-state index is -1.03. The summed E-state index contributed by atoms with van der Waals surface area (Å²) in [5.41, 5.74) is 2.90. The second-order valence-electron chi connectivity index (χ2n) is 8.36. The second kappa shape index (κ2) is 12.2. The predicted octanol–water partition coefficient (Wildman–Crippen LogP) is 4.50. The Kier molecular flexibility index (Phi) is 8.52. The molecule has 0 aromatic heterocycles. The van der Waals surface area contributed by atoms with Crippen molar-refractivity contribution in [2.24, 2.45) is 4.99 Å². The van der Waals surface area contributed by atoms with E-state index in [2.05, 4.69) is 5.32 Å². The molecule has 1 atom stereocenters. The SMILES string of the molecule is O=C(O)c1ccc(NC(=O)[C@@H]2CC(=O)N(CCc3ccccc3)C(=NCCc3ccccc3)S2)cc1. The lowest BCUT2D eigenvalue weighted by atomic mass is 10.1. The number of carboxylic acids is 1. The van der Waals surface area contributed by atoms with Gasteiger partial charge in [0.1, 0.15) is 5.25 Å². The molecule has 8 heteroatoms. The lowest BCUT2D eigenvalue weighted by Gasteiger charge is -2.32. The van der Waals surface area contributed by atoms with Crippen molar-refractivity contribution < 1.29 is 19.5 Å². The van der Waals surface area contributed by atoms with E-state index in [1.54, 1.807) is 4.90 Å². The third-order valence-electron chi connectivity index (χ3n) is 5.79. The van der Waals surface area contributed by atoms with Crippen molar-refractivity contribution in [2.45, 2.75) is 24.5 Å². The molecule has 1 fully saturated rings. The zero-order chi connectivity index (χ0) is 25.3. The average molecular weight is 502 g/mol. The Morgan fingerprint density at radius 2 is 1.53 bits per heavy atom. The van der Waals surface area contributed by atoms with Gasteiger partial charge >= 0.3 is 5.97 Å². The van der Waals surface area contributed by atoms with Crippen molar-refractivity contribution >= 4 is 40.4 Å². The van der Waals surface area contributed by atoms with Crippen LogP contribution >= 0.6 is 11.8 Å². The molecular weight excluding hydrogens is 474 g/mol. The number of nitrogens with one attached hydrogen (secondary N) is 1. The monoisotopic (exact) mass is 501 g/mol. The molecule has 2 amide bonds. The molecule has 1 heterocycles. The van der Waals surface area contributed by atoms with Crippen molar-refractivity contribution in [2.75, 3.05) is 18.4 Å². The van der Waals surface area contributed by atoms with Crippen LogP contribution in [0.5, 0.6) is 0 Å². The average Bonchev–Trinajstić information content (AvgIpc) is 2.89. The Balaban J connectivity index is 1.46. The van der Waals surface area contributed by atoms with Crippen LogP contribution in [0.3, 0.4) is 0 Å². The van der Waals surface area contributed by atoms with E-state index in [-0.39, 0.29) is 23.8 Å². The first-order valence-electron chi connectivity index (χ1n) is 11.7. The van der Waals surface area contributed by atoms with Gasteiger partial charge in [0, 0.05) is 25.2 Å². The lowest BCUT2D eigenvalue weighted by molar-refractivity contribution is -0.129. The maximum absolute atomic E-state index is 13.1. The van der Waals surface area contributed by atoms with E-state index in [1.807, 2.05) is 60.7 Å². The molecule has 1 aliphatic rings. The topological polar surface area (TPSA) is 99.1 Å². The van der Waals surface area contributed by atoms with E-state index in [0.29, 0.717) is 30.4 Å². The summed E-state index contributed by atoms with van der Waals surface area (Å²) in [7, 11) is 0. The highest BCUT2D eigenvalue weighted by molar-refractivity contribution is 8.15. The number of hydrogen-bond donors (Lipinski definition) is 2. The van der Waals surface area contributed by atoms with Crippen molar-refractivity contribution in [1.29, 1.82) is 0 Å². The van der Waals surface area contributed by atoms with Crippen molar-refractivity contribution in [3.63, 3.8) is 0 Å². The fraction of sp³-hybridized carbons (Fsp3) is 0.214. The van der Waals surface area contributed by atoms with Gasteiger partial charge in [-0.15, -0.1) is 0 Å². The molecule has 1 aliphatic heterocycles. The van der Waals surface area contributed by atoms with Crippen LogP contribution in [0.4, 0.5) is 5.69 Å². The van der Waals surface area contributed by atoms with Gasteiger partial charge in [-0.1, -0.05) is 72.4 Å². The third kappa shape index (κ3) is 6.82. The largest absolute Gasteiger partial charge is 0.478 e. The number of aromatic carboxylic acids is 1. The summed E-state index contributed by atoms with van der Waals surface area (Å²) in [6, 6.07) is 25.9. The Labute approximate surface area is 214 Å². The third-order valence-corrected chi connectivity index (χ3v) is 7.01. The first kappa shape index (κ1) is 25.2. The lowest BCUT2D eigenvalue weighted by Crippen LogP contribution is -2.46. The quantitative estimate of drug-likeness (QED) is 0.450. The summed E-state index contributed by atoms with van der Waals surface area (Å²) in [5.74, 6) is -1.48. The van der Waals surface area contributed by atoms with Crippen LogP contribution < -0.4 is 5.32 Å². The molecule has 0 unspecified atom stereocenters. The Morgan fingerprint density at radius 1 is 0.917 bits per heavy atom. The summed E-state index contributed by atoms with van der Waals surface area (Å²) >= 11 is 1.30. The molecule has 0 spiro atoms. The smallest absolute Gasteiger partial charge is 0.335 e. The Morgan fingerprint density at radius 3 is 2.14 bits per heavy atom. The number of amides is 2. The second-order valence-corrected chi connectivity index (χ2v) is 9.53. The van der Waals surface area contributed by atoms with Gasteiger partial charge in [-0.3, -0.25) is 19.5 Å². The molecule has 3 aromatic carbocycles. The maximum atomic E-state index is 13.1. The molecule has 36 heavy (non-hydrogen) atoms. The van der Waals surface area contributed by atoms with E-state index < -0.39 is 11.2 Å². The highest BCUT2D eigenvalue weighted by atomic mass is 32.2. The normalized spacial score (nSPS) is 16.7. The van der Waals surface area contributed by atoms with E-state index in [0.717, 1.165) is 17.5 Å². The number of anilines is 1. The highest BCUT2D eigenvalue weighted by Crippen LogP contribution is 2.28. The van der Waals surface area contributed by atoms with Gasteiger partial charge in [0.05, 0.1) is 5.56 Å². The minimum absolute atomic E-state index is 0.0657. The fourth-order valence-electron chi connectivity index (χ4n) is 3.83. The summed E-state index contributed by atoms with van der Waals surface area (Å²) in [6.07, 6.45) is 1.49. The first-order valence-corrected chi connectivity index (χ1v) is 12.6. The van der Waals surface area contributed by atoms with Crippen molar-refractivity contribution in [3.8, 4) is 0 Å². The van der Waals surface area contributed by atoms with Crippen LogP contribution in [0, 0.1) is 0 Å². The number of thioether (sulfide) groups is 1. The van der Waals surface area contributed by atoms with Crippen LogP contribution in [0.2, 0.25) is 0 Å². The highest BCUT2D eigenvalue weighted by Gasteiger charge is 2.35. The summed E-state index contributed by atoms with van der Waals surface area (Å²) in [6.45, 7) is 0.997.